The van der Waals surface area contributed by atoms with E-state index in [0.29, 0.717) is 45.2 Å². The van der Waals surface area contributed by atoms with Gasteiger partial charge >= 0.3 is 18.2 Å². The van der Waals surface area contributed by atoms with E-state index in [1.807, 2.05) is 51.1 Å². The van der Waals surface area contributed by atoms with E-state index < -0.39 is 11.7 Å². The third-order valence-electron chi connectivity index (χ3n) is 8.27. The standard InChI is InChI=1S/C32H43N7O5/c1-32(2,3)44-30(40)38-15-13-26-27(20-38)34-29(42-22-24-12-9-14-36(24)5)35-28(26)37-16-17-39(25(19-37)18-33-4)31(41)43-21-23-10-7-6-8-11-23/h6-8,10-11,24-25H,9,12-22H2,1-3,5H3/t24-,25-/m0/s1. The number of fused-ring (bicyclic) bond motifs is 1. The first kappa shape index (κ1) is 31.3. The first-order valence-electron chi connectivity index (χ1n) is 15.4. The normalized spacial score (nSPS) is 20.6. The monoisotopic (exact) mass is 605 g/mol. The molecule has 236 valence electrons. The Morgan fingerprint density at radius 1 is 1.05 bits per heavy atom. The molecule has 0 spiro atoms. The van der Waals surface area contributed by atoms with Crippen molar-refractivity contribution < 1.29 is 23.8 Å². The molecule has 3 aliphatic heterocycles. The Bertz CT molecular complexity index is 1360. The van der Waals surface area contributed by atoms with Gasteiger partial charge in [-0.25, -0.2) is 16.2 Å². The Morgan fingerprint density at radius 3 is 2.55 bits per heavy atom. The van der Waals surface area contributed by atoms with E-state index in [0.717, 1.165) is 42.0 Å². The molecule has 3 aliphatic rings. The summed E-state index contributed by atoms with van der Waals surface area (Å²) in [5, 5.41) is 0. The van der Waals surface area contributed by atoms with Crippen molar-refractivity contribution in [2.24, 2.45) is 0 Å². The number of likely N-dealkylation sites (tertiary alicyclic amines) is 1. The van der Waals surface area contributed by atoms with Gasteiger partial charge in [0, 0.05) is 37.8 Å². The zero-order chi connectivity index (χ0) is 31.3. The minimum absolute atomic E-state index is 0.147. The van der Waals surface area contributed by atoms with Gasteiger partial charge in [0.05, 0.1) is 12.2 Å². The van der Waals surface area contributed by atoms with Crippen molar-refractivity contribution >= 4 is 18.0 Å². The van der Waals surface area contributed by atoms with Gasteiger partial charge in [0.2, 0.25) is 6.54 Å². The Hall–Kier alpha value is -4.11. The molecule has 12 nitrogen and oxygen atoms in total. The summed E-state index contributed by atoms with van der Waals surface area (Å²) in [6.45, 7) is 17.1. The molecular weight excluding hydrogens is 562 g/mol. The summed E-state index contributed by atoms with van der Waals surface area (Å²) in [5.74, 6) is 0.737. The summed E-state index contributed by atoms with van der Waals surface area (Å²) in [4.78, 5) is 47.1. The summed E-state index contributed by atoms with van der Waals surface area (Å²) in [6.07, 6.45) is 1.94. The van der Waals surface area contributed by atoms with E-state index in [1.54, 1.807) is 9.80 Å². The number of anilines is 1. The number of likely N-dealkylation sites (N-methyl/N-ethyl adjacent to an activating group) is 1. The second kappa shape index (κ2) is 13.7. The summed E-state index contributed by atoms with van der Waals surface area (Å²) in [6, 6.07) is 9.75. The molecule has 12 heteroatoms. The third-order valence-corrected chi connectivity index (χ3v) is 8.27. The molecule has 0 aliphatic carbocycles. The van der Waals surface area contributed by atoms with Gasteiger partial charge in [-0.05, 0) is 59.2 Å². The summed E-state index contributed by atoms with van der Waals surface area (Å²) < 4.78 is 17.4. The van der Waals surface area contributed by atoms with Crippen LogP contribution in [-0.2, 0) is 29.0 Å². The average Bonchev–Trinajstić information content (AvgIpc) is 3.42. The van der Waals surface area contributed by atoms with Crippen molar-refractivity contribution in [1.29, 1.82) is 0 Å². The fraction of sp³-hybridized carbons (Fsp3) is 0.594. The van der Waals surface area contributed by atoms with Gasteiger partial charge in [0.25, 0.3) is 0 Å². The molecule has 1 aromatic carbocycles. The maximum absolute atomic E-state index is 13.1. The van der Waals surface area contributed by atoms with Crippen LogP contribution in [0.1, 0.15) is 50.4 Å². The van der Waals surface area contributed by atoms with E-state index in [9.17, 15) is 9.59 Å². The van der Waals surface area contributed by atoms with Crippen molar-refractivity contribution in [3.8, 4) is 6.01 Å². The third kappa shape index (κ3) is 7.69. The molecule has 2 fully saturated rings. The van der Waals surface area contributed by atoms with Crippen molar-refractivity contribution in [2.45, 2.75) is 70.9 Å². The number of carbonyl (C=O) groups is 2. The molecular formula is C32H43N7O5. The highest BCUT2D eigenvalue weighted by atomic mass is 16.6. The molecule has 2 saturated heterocycles. The molecule has 2 amide bonds. The number of ether oxygens (including phenoxy) is 3. The molecule has 0 unspecified atom stereocenters. The second-order valence-corrected chi connectivity index (χ2v) is 12.7. The van der Waals surface area contributed by atoms with Crippen LogP contribution >= 0.6 is 0 Å². The fourth-order valence-electron chi connectivity index (χ4n) is 5.91. The number of hydrogen-bond acceptors (Lipinski definition) is 9. The van der Waals surface area contributed by atoms with Crippen LogP contribution in [0, 0.1) is 6.57 Å². The predicted octanol–water partition coefficient (Wildman–Crippen LogP) is 3.99. The summed E-state index contributed by atoms with van der Waals surface area (Å²) >= 11 is 0. The van der Waals surface area contributed by atoms with Crippen LogP contribution in [0.5, 0.6) is 6.01 Å². The van der Waals surface area contributed by atoms with Crippen LogP contribution < -0.4 is 9.64 Å². The van der Waals surface area contributed by atoms with Gasteiger partial charge in [-0.2, -0.15) is 9.97 Å². The van der Waals surface area contributed by atoms with Crippen LogP contribution in [0.25, 0.3) is 4.85 Å². The van der Waals surface area contributed by atoms with Gasteiger partial charge in [-0.15, -0.1) is 0 Å². The molecule has 2 aromatic rings. The highest BCUT2D eigenvalue weighted by Crippen LogP contribution is 2.31. The predicted molar refractivity (Wildman–Crippen MR) is 164 cm³/mol. The number of benzene rings is 1. The fourth-order valence-corrected chi connectivity index (χ4v) is 5.91. The van der Waals surface area contributed by atoms with E-state index in [-0.39, 0.29) is 37.8 Å². The van der Waals surface area contributed by atoms with Crippen molar-refractivity contribution in [3.63, 3.8) is 0 Å². The molecule has 0 N–H and O–H groups in total. The van der Waals surface area contributed by atoms with E-state index in [1.165, 1.54) is 0 Å². The number of hydrogen-bond donors (Lipinski definition) is 0. The molecule has 4 heterocycles. The minimum Gasteiger partial charge on any atom is -0.462 e. The molecule has 2 atom stereocenters. The first-order valence-corrected chi connectivity index (χ1v) is 15.4. The maximum atomic E-state index is 13.1. The zero-order valence-corrected chi connectivity index (χ0v) is 26.2. The lowest BCUT2D eigenvalue weighted by Crippen LogP contribution is -2.57. The highest BCUT2D eigenvalue weighted by molar-refractivity contribution is 5.70. The van der Waals surface area contributed by atoms with Crippen molar-refractivity contribution in [1.82, 2.24) is 24.7 Å². The van der Waals surface area contributed by atoms with Gasteiger partial charge in [-0.3, -0.25) is 4.90 Å². The first-order chi connectivity index (χ1) is 21.1. The number of piperazine rings is 1. The molecule has 5 rings (SSSR count). The average molecular weight is 606 g/mol. The quantitative estimate of drug-likeness (QED) is 0.434. The summed E-state index contributed by atoms with van der Waals surface area (Å²) in [5.41, 5.74) is 1.99. The number of nitrogens with zero attached hydrogens (tertiary/aromatic N) is 7. The Labute approximate surface area is 259 Å². The zero-order valence-electron chi connectivity index (χ0n) is 26.2. The Morgan fingerprint density at radius 2 is 1.84 bits per heavy atom. The maximum Gasteiger partial charge on any atom is 0.410 e. The topological polar surface area (TPSA) is 105 Å². The van der Waals surface area contributed by atoms with Crippen molar-refractivity contribution in [2.75, 3.05) is 57.8 Å². The molecule has 44 heavy (non-hydrogen) atoms. The SMILES string of the molecule is [C-]#[N+]C[C@H]1CN(c2nc(OC[C@@H]3CCCN3C)nc3c2CCN(C(=O)OC(C)(C)C)C3)CCN1C(=O)OCc1ccccc1. The second-order valence-electron chi connectivity index (χ2n) is 12.7. The van der Waals surface area contributed by atoms with E-state index >= 15 is 0 Å². The molecule has 1 aromatic heterocycles. The summed E-state index contributed by atoms with van der Waals surface area (Å²) in [7, 11) is 2.10. The van der Waals surface area contributed by atoms with Crippen LogP contribution in [0.4, 0.5) is 15.4 Å². The largest absolute Gasteiger partial charge is 0.462 e. The van der Waals surface area contributed by atoms with Gasteiger partial charge in [0.1, 0.15) is 30.7 Å². The number of carbonyl (C=O) groups excluding carboxylic acids is 2. The van der Waals surface area contributed by atoms with Gasteiger partial charge in [0.15, 0.2) is 0 Å². The Kier molecular flexibility index (Phi) is 9.74. The van der Waals surface area contributed by atoms with E-state index in [2.05, 4.69) is 21.7 Å². The number of rotatable bonds is 7. The highest BCUT2D eigenvalue weighted by Gasteiger charge is 2.37. The van der Waals surface area contributed by atoms with Crippen LogP contribution in [0.2, 0.25) is 0 Å². The van der Waals surface area contributed by atoms with Crippen LogP contribution in [0.15, 0.2) is 30.3 Å². The number of amides is 2. The molecule has 0 radical (unpaired) electrons. The van der Waals surface area contributed by atoms with Gasteiger partial charge < -0.3 is 33.8 Å². The minimum atomic E-state index is -0.602. The molecule has 0 bridgehead atoms. The van der Waals surface area contributed by atoms with Gasteiger partial charge in [-0.1, -0.05) is 30.3 Å². The lowest BCUT2D eigenvalue weighted by Gasteiger charge is -2.40. The molecule has 0 saturated carbocycles. The van der Waals surface area contributed by atoms with Crippen LogP contribution in [-0.4, -0.2) is 107 Å². The lowest BCUT2D eigenvalue weighted by atomic mass is 10.0. The smallest absolute Gasteiger partial charge is 0.410 e. The van der Waals surface area contributed by atoms with E-state index in [4.69, 9.17) is 30.8 Å². The van der Waals surface area contributed by atoms with Crippen molar-refractivity contribution in [3.05, 3.63) is 58.6 Å². The van der Waals surface area contributed by atoms with Crippen LogP contribution in [0.3, 0.4) is 0 Å². The lowest BCUT2D eigenvalue weighted by molar-refractivity contribution is 0.0220. The Balaban J connectivity index is 1.35. The number of aromatic nitrogens is 2.